The average molecular weight is 483 g/mol. The number of nitrogens with zero attached hydrogens (tertiary/aromatic N) is 3. The Labute approximate surface area is 205 Å². The number of halogens is 1. The van der Waals surface area contributed by atoms with Gasteiger partial charge in [-0.15, -0.1) is 0 Å². The maximum atomic E-state index is 14.8. The zero-order valence-corrected chi connectivity index (χ0v) is 20.4. The van der Waals surface area contributed by atoms with Gasteiger partial charge in [-0.25, -0.2) is 4.39 Å². The summed E-state index contributed by atoms with van der Waals surface area (Å²) in [7, 11) is 2.08. The van der Waals surface area contributed by atoms with E-state index in [2.05, 4.69) is 17.3 Å². The molecule has 1 aromatic carbocycles. The van der Waals surface area contributed by atoms with E-state index in [-0.39, 0.29) is 29.0 Å². The summed E-state index contributed by atoms with van der Waals surface area (Å²) >= 11 is 0. The van der Waals surface area contributed by atoms with Gasteiger partial charge in [0.1, 0.15) is 5.82 Å². The van der Waals surface area contributed by atoms with Crippen molar-refractivity contribution in [3.63, 3.8) is 0 Å². The highest BCUT2D eigenvalue weighted by atomic mass is 19.1. The maximum Gasteiger partial charge on any atom is 0.256 e. The van der Waals surface area contributed by atoms with Crippen LogP contribution < -0.4 is 10.9 Å². The van der Waals surface area contributed by atoms with Crippen molar-refractivity contribution in [3.05, 3.63) is 58.3 Å². The molecule has 1 spiro atoms. The highest BCUT2D eigenvalue weighted by Crippen LogP contribution is 2.51. The molecule has 5 rings (SSSR count). The lowest BCUT2D eigenvalue weighted by atomic mass is 9.66. The molecule has 0 bridgehead atoms. The number of amides is 1. The lowest BCUT2D eigenvalue weighted by molar-refractivity contribution is -0.139. The molecule has 1 amide bonds. The number of likely N-dealkylation sites (tertiary alicyclic amines) is 1. The van der Waals surface area contributed by atoms with Gasteiger partial charge < -0.3 is 24.8 Å². The van der Waals surface area contributed by atoms with Crippen molar-refractivity contribution in [1.29, 1.82) is 0 Å². The molecule has 2 saturated heterocycles. The van der Waals surface area contributed by atoms with Crippen LogP contribution in [0.3, 0.4) is 0 Å². The number of aliphatic hydroxyl groups is 1. The normalized spacial score (nSPS) is 24.7. The number of carbonyl (C=O) groups excluding carboxylic acids is 1. The summed E-state index contributed by atoms with van der Waals surface area (Å²) in [6.07, 6.45) is 6.15. The molecule has 3 heterocycles. The minimum absolute atomic E-state index is 0.138. The standard InChI is InChI=1S/C27H35FN4O3/c1-30-13-10-27(35,26(18-30)8-4-5-9-26)19-32-17-22(25(34)31-14-11-29-12-15-31)21(16-24(32)33)20-6-2-3-7-23(20)28/h2-3,6-7,16-17,29,35H,4-5,8-15,18-19H2,1H3. The predicted molar refractivity (Wildman–Crippen MR) is 133 cm³/mol. The molecule has 1 atom stereocenters. The van der Waals surface area contributed by atoms with Gasteiger partial charge in [0.2, 0.25) is 0 Å². The Morgan fingerprint density at radius 1 is 1.09 bits per heavy atom. The van der Waals surface area contributed by atoms with E-state index in [1.54, 1.807) is 29.3 Å². The number of piperazine rings is 1. The SMILES string of the molecule is CN1CCC(O)(Cn2cc(C(=O)N3CCNCC3)c(-c3ccccc3F)cc2=O)C2(CCCC2)C1. The van der Waals surface area contributed by atoms with Crippen molar-refractivity contribution in [1.82, 2.24) is 19.7 Å². The summed E-state index contributed by atoms with van der Waals surface area (Å²) in [5, 5.41) is 15.2. The summed E-state index contributed by atoms with van der Waals surface area (Å²) in [5.41, 5.74) is -0.783. The maximum absolute atomic E-state index is 14.8. The summed E-state index contributed by atoms with van der Waals surface area (Å²) in [6.45, 7) is 4.18. The molecular formula is C27H35FN4O3. The molecule has 1 unspecified atom stereocenters. The number of nitrogens with one attached hydrogen (secondary N) is 1. The van der Waals surface area contributed by atoms with Crippen LogP contribution in [0, 0.1) is 11.2 Å². The molecule has 0 radical (unpaired) electrons. The van der Waals surface area contributed by atoms with E-state index < -0.39 is 11.4 Å². The van der Waals surface area contributed by atoms with Crippen LogP contribution in [0.2, 0.25) is 0 Å². The van der Waals surface area contributed by atoms with Crippen molar-refractivity contribution in [3.8, 4) is 11.1 Å². The Morgan fingerprint density at radius 2 is 1.80 bits per heavy atom. The summed E-state index contributed by atoms with van der Waals surface area (Å²) in [6, 6.07) is 7.60. The Bertz CT molecular complexity index is 1150. The minimum atomic E-state index is -1.03. The predicted octanol–water partition coefficient (Wildman–Crippen LogP) is 2.33. The van der Waals surface area contributed by atoms with Crippen molar-refractivity contribution in [2.45, 2.75) is 44.2 Å². The van der Waals surface area contributed by atoms with Crippen LogP contribution in [-0.4, -0.2) is 77.3 Å². The number of hydrogen-bond donors (Lipinski definition) is 2. The summed E-state index contributed by atoms with van der Waals surface area (Å²) < 4.78 is 16.3. The van der Waals surface area contributed by atoms with Gasteiger partial charge >= 0.3 is 0 Å². The van der Waals surface area contributed by atoms with E-state index in [1.807, 2.05) is 0 Å². The fraction of sp³-hybridized carbons (Fsp3) is 0.556. The molecule has 188 valence electrons. The Kier molecular flexibility index (Phi) is 6.55. The molecule has 2 aliphatic heterocycles. The van der Waals surface area contributed by atoms with Gasteiger partial charge in [-0.05, 0) is 32.4 Å². The van der Waals surface area contributed by atoms with Crippen LogP contribution >= 0.6 is 0 Å². The number of benzene rings is 1. The molecule has 1 aliphatic carbocycles. The molecule has 3 aliphatic rings. The third-order valence-corrected chi connectivity index (χ3v) is 8.38. The molecule has 3 fully saturated rings. The van der Waals surface area contributed by atoms with Crippen molar-refractivity contribution in [2.75, 3.05) is 46.3 Å². The molecule has 1 saturated carbocycles. The van der Waals surface area contributed by atoms with Crippen LogP contribution in [0.15, 0.2) is 41.3 Å². The summed E-state index contributed by atoms with van der Waals surface area (Å²) in [4.78, 5) is 31.0. The second-order valence-electron chi connectivity index (χ2n) is 10.6. The Balaban J connectivity index is 1.58. The first-order valence-corrected chi connectivity index (χ1v) is 12.7. The third kappa shape index (κ3) is 4.43. The van der Waals surface area contributed by atoms with Gasteiger partial charge in [-0.1, -0.05) is 31.0 Å². The minimum Gasteiger partial charge on any atom is -0.387 e. The van der Waals surface area contributed by atoms with E-state index in [1.165, 1.54) is 16.7 Å². The largest absolute Gasteiger partial charge is 0.387 e. The van der Waals surface area contributed by atoms with E-state index in [4.69, 9.17) is 0 Å². The second kappa shape index (κ2) is 9.48. The lowest BCUT2D eigenvalue weighted by Gasteiger charge is -2.51. The van der Waals surface area contributed by atoms with Crippen LogP contribution in [-0.2, 0) is 6.54 Å². The molecule has 2 N–H and O–H groups in total. The van der Waals surface area contributed by atoms with Gasteiger partial charge in [0, 0.05) is 68.1 Å². The quantitative estimate of drug-likeness (QED) is 0.700. The van der Waals surface area contributed by atoms with Gasteiger partial charge in [0.05, 0.1) is 17.7 Å². The van der Waals surface area contributed by atoms with Gasteiger partial charge in [0.25, 0.3) is 11.5 Å². The van der Waals surface area contributed by atoms with E-state index in [0.29, 0.717) is 43.7 Å². The van der Waals surface area contributed by atoms with Gasteiger partial charge in [0.15, 0.2) is 0 Å². The topological polar surface area (TPSA) is 77.8 Å². The molecule has 1 aromatic heterocycles. The number of aromatic nitrogens is 1. The van der Waals surface area contributed by atoms with E-state index in [0.717, 1.165) is 38.8 Å². The monoisotopic (exact) mass is 482 g/mol. The van der Waals surface area contributed by atoms with Crippen LogP contribution in [0.5, 0.6) is 0 Å². The van der Waals surface area contributed by atoms with Crippen LogP contribution in [0.1, 0.15) is 42.5 Å². The van der Waals surface area contributed by atoms with Crippen LogP contribution in [0.4, 0.5) is 4.39 Å². The third-order valence-electron chi connectivity index (χ3n) is 8.38. The Hall–Kier alpha value is -2.55. The average Bonchev–Trinajstić information content (AvgIpc) is 3.33. The first-order chi connectivity index (χ1) is 16.8. The number of piperidine rings is 1. The van der Waals surface area contributed by atoms with E-state index >= 15 is 0 Å². The molecule has 2 aromatic rings. The molecule has 35 heavy (non-hydrogen) atoms. The fourth-order valence-corrected chi connectivity index (χ4v) is 6.40. The van der Waals surface area contributed by atoms with Crippen LogP contribution in [0.25, 0.3) is 11.1 Å². The highest BCUT2D eigenvalue weighted by Gasteiger charge is 2.54. The molecule has 7 nitrogen and oxygen atoms in total. The van der Waals surface area contributed by atoms with Gasteiger partial charge in [-0.2, -0.15) is 0 Å². The first kappa shape index (κ1) is 24.2. The number of pyridine rings is 1. The lowest BCUT2D eigenvalue weighted by Crippen LogP contribution is -2.60. The van der Waals surface area contributed by atoms with Crippen molar-refractivity contribution >= 4 is 5.91 Å². The molecule has 8 heteroatoms. The van der Waals surface area contributed by atoms with Crippen molar-refractivity contribution in [2.24, 2.45) is 5.41 Å². The van der Waals surface area contributed by atoms with E-state index in [9.17, 15) is 19.1 Å². The van der Waals surface area contributed by atoms with Crippen molar-refractivity contribution < 1.29 is 14.3 Å². The first-order valence-electron chi connectivity index (χ1n) is 12.7. The fourth-order valence-electron chi connectivity index (χ4n) is 6.40. The summed E-state index contributed by atoms with van der Waals surface area (Å²) in [5.74, 6) is -0.692. The number of carbonyl (C=O) groups is 1. The Morgan fingerprint density at radius 3 is 2.51 bits per heavy atom. The van der Waals surface area contributed by atoms with Gasteiger partial charge in [-0.3, -0.25) is 9.59 Å². The number of hydrogen-bond acceptors (Lipinski definition) is 5. The zero-order valence-electron chi connectivity index (χ0n) is 20.4. The molecular weight excluding hydrogens is 447 g/mol. The zero-order chi connectivity index (χ0) is 24.6. The highest BCUT2D eigenvalue weighted by molar-refractivity contribution is 6.00. The second-order valence-corrected chi connectivity index (χ2v) is 10.6. The smallest absolute Gasteiger partial charge is 0.256 e. The number of rotatable bonds is 4.